The Morgan fingerprint density at radius 2 is 1.94 bits per heavy atom. The van der Waals surface area contributed by atoms with Gasteiger partial charge in [-0.1, -0.05) is 42.0 Å². The van der Waals surface area contributed by atoms with Gasteiger partial charge < -0.3 is 5.11 Å². The molecule has 17 heavy (non-hydrogen) atoms. The predicted molar refractivity (Wildman–Crippen MR) is 72.8 cm³/mol. The molecule has 0 aliphatic heterocycles. The Labute approximate surface area is 104 Å². The number of hydrogen-bond donors (Lipinski definition) is 1. The van der Waals surface area contributed by atoms with Gasteiger partial charge >= 0.3 is 0 Å². The Balaban J connectivity index is 4.05. The summed E-state index contributed by atoms with van der Waals surface area (Å²) in [5, 5.41) is 8.79. The maximum Gasteiger partial charge on any atom is 0.148 e. The highest BCUT2D eigenvalue weighted by Gasteiger charge is 1.92. The number of carbonyl (C=O) groups excluding carboxylic acids is 1. The molecule has 0 atom stereocenters. The summed E-state index contributed by atoms with van der Waals surface area (Å²) < 4.78 is 0. The molecule has 94 valence electrons. The summed E-state index contributed by atoms with van der Waals surface area (Å²) in [5.41, 5.74) is 2.93. The van der Waals surface area contributed by atoms with Crippen LogP contribution in [-0.4, -0.2) is 18.0 Å². The van der Waals surface area contributed by atoms with Crippen LogP contribution in [0.15, 0.2) is 47.6 Å². The summed E-state index contributed by atoms with van der Waals surface area (Å²) in [7, 11) is 0. The summed E-state index contributed by atoms with van der Waals surface area (Å²) in [6.45, 7) is 7.62. The molecule has 0 fully saturated rings. The first-order chi connectivity index (χ1) is 8.13. The maximum atomic E-state index is 10.4. The molecule has 0 aromatic rings. The van der Waals surface area contributed by atoms with E-state index in [1.165, 1.54) is 11.1 Å². The zero-order valence-electron chi connectivity index (χ0n) is 10.8. The minimum atomic E-state index is -0.173. The molecule has 0 heterocycles. The lowest BCUT2D eigenvalue weighted by Crippen LogP contribution is -1.91. The SMILES string of the molecule is C=C/C(C)=C/C/C=C(\C)CC/C=C(/C=O)CO. The smallest absolute Gasteiger partial charge is 0.148 e. The van der Waals surface area contributed by atoms with Crippen molar-refractivity contribution in [3.05, 3.63) is 47.6 Å². The largest absolute Gasteiger partial charge is 0.392 e. The van der Waals surface area contributed by atoms with Crippen LogP contribution in [-0.2, 0) is 4.79 Å². The number of aldehydes is 1. The molecule has 0 aliphatic rings. The van der Waals surface area contributed by atoms with Gasteiger partial charge in [-0.25, -0.2) is 0 Å². The van der Waals surface area contributed by atoms with Gasteiger partial charge in [-0.3, -0.25) is 4.79 Å². The van der Waals surface area contributed by atoms with Gasteiger partial charge in [-0.15, -0.1) is 0 Å². The summed E-state index contributed by atoms with van der Waals surface area (Å²) in [6, 6.07) is 0. The third-order valence-electron chi connectivity index (χ3n) is 2.51. The average Bonchev–Trinajstić information content (AvgIpc) is 2.34. The van der Waals surface area contributed by atoms with Gasteiger partial charge in [0.2, 0.25) is 0 Å². The van der Waals surface area contributed by atoms with Crippen LogP contribution < -0.4 is 0 Å². The zero-order chi connectivity index (χ0) is 13.1. The van der Waals surface area contributed by atoms with E-state index in [9.17, 15) is 4.79 Å². The van der Waals surface area contributed by atoms with Crippen molar-refractivity contribution in [3.8, 4) is 0 Å². The molecule has 1 N–H and O–H groups in total. The molecule has 0 radical (unpaired) electrons. The van der Waals surface area contributed by atoms with Crippen molar-refractivity contribution in [1.29, 1.82) is 0 Å². The van der Waals surface area contributed by atoms with Gasteiger partial charge in [0, 0.05) is 5.57 Å². The number of aliphatic hydroxyl groups excluding tert-OH is 1. The quantitative estimate of drug-likeness (QED) is 0.303. The summed E-state index contributed by atoms with van der Waals surface area (Å²) >= 11 is 0. The molecule has 0 rings (SSSR count). The van der Waals surface area contributed by atoms with Gasteiger partial charge in [-0.05, 0) is 33.1 Å². The van der Waals surface area contributed by atoms with E-state index in [-0.39, 0.29) is 6.61 Å². The first-order valence-corrected chi connectivity index (χ1v) is 5.84. The van der Waals surface area contributed by atoms with Crippen molar-refractivity contribution >= 4 is 6.29 Å². The Morgan fingerprint density at radius 3 is 2.47 bits per heavy atom. The van der Waals surface area contributed by atoms with Crippen LogP contribution in [0.3, 0.4) is 0 Å². The fourth-order valence-corrected chi connectivity index (χ4v) is 1.27. The third-order valence-corrected chi connectivity index (χ3v) is 2.51. The molecule has 2 heteroatoms. The van der Waals surface area contributed by atoms with Crippen molar-refractivity contribution in [3.63, 3.8) is 0 Å². The van der Waals surface area contributed by atoms with E-state index in [2.05, 4.69) is 25.7 Å². The molecule has 0 saturated heterocycles. The summed E-state index contributed by atoms with van der Waals surface area (Å²) in [6.07, 6.45) is 11.2. The number of aliphatic hydroxyl groups is 1. The Bertz CT molecular complexity index is 333. The minimum absolute atomic E-state index is 0.173. The van der Waals surface area contributed by atoms with Crippen molar-refractivity contribution in [2.75, 3.05) is 6.61 Å². The van der Waals surface area contributed by atoms with Gasteiger partial charge in [0.15, 0.2) is 0 Å². The monoisotopic (exact) mass is 234 g/mol. The second-order valence-corrected chi connectivity index (χ2v) is 4.03. The molecule has 0 aliphatic carbocycles. The maximum absolute atomic E-state index is 10.4. The van der Waals surface area contributed by atoms with Gasteiger partial charge in [0.25, 0.3) is 0 Å². The first kappa shape index (κ1) is 15.6. The second kappa shape index (κ2) is 9.79. The fraction of sp³-hybridized carbons (Fsp3) is 0.400. The van der Waals surface area contributed by atoms with Gasteiger partial charge in [-0.2, -0.15) is 0 Å². The average molecular weight is 234 g/mol. The highest BCUT2D eigenvalue weighted by Crippen LogP contribution is 2.08. The van der Waals surface area contributed by atoms with E-state index in [1.54, 1.807) is 6.08 Å². The molecule has 0 aromatic heterocycles. The highest BCUT2D eigenvalue weighted by molar-refractivity contribution is 5.73. The van der Waals surface area contributed by atoms with Crippen LogP contribution in [0.5, 0.6) is 0 Å². The van der Waals surface area contributed by atoms with E-state index in [4.69, 9.17) is 5.11 Å². The molecular weight excluding hydrogens is 212 g/mol. The van der Waals surface area contributed by atoms with E-state index in [0.717, 1.165) is 19.3 Å². The van der Waals surface area contributed by atoms with E-state index >= 15 is 0 Å². The van der Waals surface area contributed by atoms with Crippen LogP contribution in [0.2, 0.25) is 0 Å². The lowest BCUT2D eigenvalue weighted by Gasteiger charge is -1.98. The van der Waals surface area contributed by atoms with Gasteiger partial charge in [0.05, 0.1) is 6.61 Å². The highest BCUT2D eigenvalue weighted by atomic mass is 16.3. The molecule has 0 unspecified atom stereocenters. The van der Waals surface area contributed by atoms with Crippen molar-refractivity contribution in [2.24, 2.45) is 0 Å². The minimum Gasteiger partial charge on any atom is -0.392 e. The number of rotatable bonds is 8. The Kier molecular flexibility index (Phi) is 8.98. The lowest BCUT2D eigenvalue weighted by atomic mass is 10.1. The Hall–Kier alpha value is -1.41. The zero-order valence-corrected chi connectivity index (χ0v) is 10.8. The topological polar surface area (TPSA) is 37.3 Å². The van der Waals surface area contributed by atoms with Crippen LogP contribution in [0.4, 0.5) is 0 Å². The summed E-state index contributed by atoms with van der Waals surface area (Å²) in [4.78, 5) is 10.4. The molecule has 0 saturated carbocycles. The molecule has 0 spiro atoms. The van der Waals surface area contributed by atoms with E-state index < -0.39 is 0 Å². The van der Waals surface area contributed by atoms with Crippen LogP contribution >= 0.6 is 0 Å². The van der Waals surface area contributed by atoms with Crippen molar-refractivity contribution < 1.29 is 9.90 Å². The van der Waals surface area contributed by atoms with E-state index in [0.29, 0.717) is 11.9 Å². The lowest BCUT2D eigenvalue weighted by molar-refractivity contribution is -0.105. The first-order valence-electron chi connectivity index (χ1n) is 5.84. The molecule has 0 amide bonds. The van der Waals surface area contributed by atoms with Crippen LogP contribution in [0.1, 0.15) is 33.1 Å². The molecule has 0 aromatic carbocycles. The van der Waals surface area contributed by atoms with Crippen molar-refractivity contribution in [2.45, 2.75) is 33.1 Å². The predicted octanol–water partition coefficient (Wildman–Crippen LogP) is 3.35. The molecule has 0 bridgehead atoms. The number of hydrogen-bond acceptors (Lipinski definition) is 2. The molecular formula is C15H22O2. The van der Waals surface area contributed by atoms with Crippen LogP contribution in [0, 0.1) is 0 Å². The van der Waals surface area contributed by atoms with Crippen LogP contribution in [0.25, 0.3) is 0 Å². The van der Waals surface area contributed by atoms with Crippen molar-refractivity contribution in [1.82, 2.24) is 0 Å². The second-order valence-electron chi connectivity index (χ2n) is 4.03. The standard InChI is InChI=1S/C15H22O2/c1-4-13(2)7-5-8-14(3)9-6-10-15(11-16)12-17/h4,7-8,10-11,17H,1,5-6,9,12H2,2-3H3/b13-7+,14-8+,15-10-. The van der Waals surface area contributed by atoms with Gasteiger partial charge in [0.1, 0.15) is 6.29 Å². The Morgan fingerprint density at radius 1 is 1.24 bits per heavy atom. The third kappa shape index (κ3) is 8.40. The van der Waals surface area contributed by atoms with E-state index in [1.807, 2.05) is 13.0 Å². The number of allylic oxidation sites excluding steroid dienone is 6. The fourth-order valence-electron chi connectivity index (χ4n) is 1.27. The number of carbonyl (C=O) groups is 1. The summed E-state index contributed by atoms with van der Waals surface area (Å²) in [5.74, 6) is 0. The normalized spacial score (nSPS) is 13.7. The molecule has 2 nitrogen and oxygen atoms in total.